The van der Waals surface area contributed by atoms with E-state index in [9.17, 15) is 5.11 Å². The number of aryl methyl sites for hydroxylation is 1. The first-order chi connectivity index (χ1) is 4.84. The Kier molecular flexibility index (Phi) is 2.63. The maximum Gasteiger partial charge on any atom is 0.118 e. The van der Waals surface area contributed by atoms with Gasteiger partial charge in [-0.15, -0.1) is 0 Å². The lowest BCUT2D eigenvalue weighted by Crippen LogP contribution is -1.85. The average molecular weight is 153 g/mol. The molecule has 0 aliphatic carbocycles. The van der Waals surface area contributed by atoms with E-state index < -0.39 is 0 Å². The van der Waals surface area contributed by atoms with Crippen molar-refractivity contribution in [2.24, 2.45) is 0 Å². The van der Waals surface area contributed by atoms with E-state index in [0.717, 1.165) is 12.0 Å². The molecule has 1 rings (SSSR count). The Morgan fingerprint density at radius 1 is 1.30 bits per heavy atom. The second-order valence-corrected chi connectivity index (χ2v) is 2.49. The van der Waals surface area contributed by atoms with Gasteiger partial charge in [0, 0.05) is 5.75 Å². The molecule has 0 heterocycles. The van der Waals surface area contributed by atoms with Gasteiger partial charge in [-0.2, -0.15) is 0 Å². The van der Waals surface area contributed by atoms with Crippen molar-refractivity contribution in [3.8, 4) is 5.75 Å². The first-order valence-electron chi connectivity index (χ1n) is 3.19. The summed E-state index contributed by atoms with van der Waals surface area (Å²) in [4.78, 5) is 0. The van der Waals surface area contributed by atoms with Crippen LogP contribution >= 0.6 is 12.6 Å². The summed E-state index contributed by atoms with van der Waals surface area (Å²) in [7, 11) is 0. The third kappa shape index (κ3) is 1.67. The molecule has 0 aliphatic rings. The van der Waals surface area contributed by atoms with Crippen LogP contribution in [0.4, 0.5) is 0 Å². The highest BCUT2D eigenvalue weighted by molar-refractivity contribution is 7.80. The molecule has 0 bridgehead atoms. The van der Waals surface area contributed by atoms with Crippen molar-refractivity contribution >= 4 is 12.6 Å². The number of hydrogen-bond donors (Lipinski definition) is 1. The molecule has 53 valence electrons. The van der Waals surface area contributed by atoms with Crippen molar-refractivity contribution in [1.82, 2.24) is 0 Å². The fourth-order valence-corrected chi connectivity index (χ4v) is 1.05. The van der Waals surface area contributed by atoms with Crippen LogP contribution in [0.25, 0.3) is 0 Å². The Hall–Kier alpha value is -0.630. The predicted molar refractivity (Wildman–Crippen MR) is 44.3 cm³/mol. The molecule has 0 unspecified atom stereocenters. The second kappa shape index (κ2) is 3.52. The largest absolute Gasteiger partial charge is 0.508 e. The lowest BCUT2D eigenvalue weighted by Gasteiger charge is -1.99. The van der Waals surface area contributed by atoms with Crippen LogP contribution in [0.15, 0.2) is 24.3 Å². The monoisotopic (exact) mass is 153 g/mol. The molecule has 0 atom stereocenters. The fourth-order valence-electron chi connectivity index (χ4n) is 0.832. The highest BCUT2D eigenvalue weighted by Crippen LogP contribution is 2.15. The van der Waals surface area contributed by atoms with Crippen LogP contribution in [0.1, 0.15) is 5.56 Å². The Balaban J connectivity index is 2.81. The van der Waals surface area contributed by atoms with Gasteiger partial charge in [-0.1, -0.05) is 30.8 Å². The lowest BCUT2D eigenvalue weighted by atomic mass is 10.1. The molecule has 1 N–H and O–H groups in total. The Morgan fingerprint density at radius 3 is 2.60 bits per heavy atom. The number of benzene rings is 1. The highest BCUT2D eigenvalue weighted by Gasteiger charge is 1.95. The molecule has 0 saturated carbocycles. The predicted octanol–water partition coefficient (Wildman–Crippen LogP) is 2.13. The maximum atomic E-state index is 9.20. The van der Waals surface area contributed by atoms with Crippen molar-refractivity contribution in [3.63, 3.8) is 0 Å². The van der Waals surface area contributed by atoms with E-state index in [2.05, 4.69) is 0 Å². The van der Waals surface area contributed by atoms with Crippen molar-refractivity contribution in [3.05, 3.63) is 29.8 Å². The van der Waals surface area contributed by atoms with Crippen LogP contribution < -0.4 is 0 Å². The van der Waals surface area contributed by atoms with Crippen molar-refractivity contribution < 1.29 is 5.11 Å². The summed E-state index contributed by atoms with van der Waals surface area (Å²) < 4.78 is 0. The summed E-state index contributed by atoms with van der Waals surface area (Å²) in [6.07, 6.45) is 0.780. The van der Waals surface area contributed by atoms with E-state index in [1.807, 2.05) is 18.2 Å². The van der Waals surface area contributed by atoms with Gasteiger partial charge in [0.2, 0.25) is 0 Å². The van der Waals surface area contributed by atoms with Crippen LogP contribution in [-0.4, -0.2) is 10.9 Å². The molecular formula is C8H9OS. The zero-order chi connectivity index (χ0) is 7.40. The van der Waals surface area contributed by atoms with Crippen LogP contribution in [0, 0.1) is 0 Å². The van der Waals surface area contributed by atoms with Crippen LogP contribution in [-0.2, 0) is 6.42 Å². The van der Waals surface area contributed by atoms with Gasteiger partial charge in [0.25, 0.3) is 0 Å². The van der Waals surface area contributed by atoms with E-state index in [4.69, 9.17) is 12.6 Å². The smallest absolute Gasteiger partial charge is 0.118 e. The Labute approximate surface area is 66.1 Å². The maximum absolute atomic E-state index is 9.20. The van der Waals surface area contributed by atoms with E-state index in [-0.39, 0.29) is 0 Å². The number of phenolic OH excluding ortho intramolecular Hbond substituents is 1. The fraction of sp³-hybridized carbons (Fsp3) is 0.250. The lowest BCUT2D eigenvalue weighted by molar-refractivity contribution is 0.469. The van der Waals surface area contributed by atoms with Gasteiger partial charge in [-0.3, -0.25) is 0 Å². The number of aromatic hydroxyl groups is 1. The van der Waals surface area contributed by atoms with Gasteiger partial charge in [-0.05, 0) is 18.1 Å². The molecule has 0 aliphatic heterocycles. The number of rotatable bonds is 2. The highest BCUT2D eigenvalue weighted by atomic mass is 32.1. The zero-order valence-electron chi connectivity index (χ0n) is 5.58. The van der Waals surface area contributed by atoms with Gasteiger partial charge >= 0.3 is 0 Å². The standard InChI is InChI=1S/C8H9OS/c9-8-4-2-1-3-7(8)5-6-10/h1-4,9H,5-6H2. The van der Waals surface area contributed by atoms with Gasteiger partial charge in [0.1, 0.15) is 5.75 Å². The minimum absolute atomic E-state index is 0.354. The quantitative estimate of drug-likeness (QED) is 0.690. The molecule has 0 spiro atoms. The summed E-state index contributed by atoms with van der Waals surface area (Å²) >= 11 is 4.78. The third-order valence-electron chi connectivity index (χ3n) is 1.36. The van der Waals surface area contributed by atoms with Gasteiger partial charge in [0.05, 0.1) is 0 Å². The van der Waals surface area contributed by atoms with Crippen molar-refractivity contribution in [2.45, 2.75) is 6.42 Å². The number of para-hydroxylation sites is 1. The van der Waals surface area contributed by atoms with Crippen molar-refractivity contribution in [1.29, 1.82) is 0 Å². The molecule has 1 nitrogen and oxygen atoms in total. The first kappa shape index (κ1) is 7.48. The van der Waals surface area contributed by atoms with Gasteiger partial charge in [0.15, 0.2) is 0 Å². The SMILES string of the molecule is Oc1ccccc1CC[S]. The first-order valence-corrected chi connectivity index (χ1v) is 3.77. The summed E-state index contributed by atoms with van der Waals surface area (Å²) in [6, 6.07) is 7.28. The molecule has 0 aromatic heterocycles. The third-order valence-corrected chi connectivity index (χ3v) is 1.57. The van der Waals surface area contributed by atoms with E-state index in [0.29, 0.717) is 11.5 Å². The Morgan fingerprint density at radius 2 is 2.00 bits per heavy atom. The zero-order valence-corrected chi connectivity index (χ0v) is 6.40. The van der Waals surface area contributed by atoms with E-state index in [1.165, 1.54) is 0 Å². The molecule has 0 amide bonds. The van der Waals surface area contributed by atoms with Crippen LogP contribution in [0.3, 0.4) is 0 Å². The topological polar surface area (TPSA) is 20.2 Å². The normalized spacial score (nSPS) is 9.70. The van der Waals surface area contributed by atoms with Crippen LogP contribution in [0.5, 0.6) is 5.75 Å². The van der Waals surface area contributed by atoms with E-state index >= 15 is 0 Å². The molecule has 1 radical (unpaired) electrons. The molecule has 0 fully saturated rings. The second-order valence-electron chi connectivity index (χ2n) is 2.08. The summed E-state index contributed by atoms with van der Waals surface area (Å²) in [5.41, 5.74) is 0.942. The molecule has 10 heavy (non-hydrogen) atoms. The molecular weight excluding hydrogens is 144 g/mol. The van der Waals surface area contributed by atoms with Crippen LogP contribution in [0.2, 0.25) is 0 Å². The van der Waals surface area contributed by atoms with Gasteiger partial charge < -0.3 is 5.11 Å². The minimum atomic E-state index is 0.354. The number of hydrogen-bond acceptors (Lipinski definition) is 1. The minimum Gasteiger partial charge on any atom is -0.508 e. The summed E-state index contributed by atoms with van der Waals surface area (Å²) in [5.74, 6) is 1.02. The van der Waals surface area contributed by atoms with E-state index in [1.54, 1.807) is 6.07 Å². The molecule has 0 saturated heterocycles. The molecule has 1 aromatic carbocycles. The number of phenols is 1. The molecule has 1 aromatic rings. The van der Waals surface area contributed by atoms with Gasteiger partial charge in [-0.25, -0.2) is 0 Å². The summed E-state index contributed by atoms with van der Waals surface area (Å²) in [6.45, 7) is 0. The Bertz CT molecular complexity index is 210. The van der Waals surface area contributed by atoms with Crippen molar-refractivity contribution in [2.75, 3.05) is 5.75 Å². The summed E-state index contributed by atoms with van der Waals surface area (Å²) in [5, 5.41) is 9.20. The average Bonchev–Trinajstić information content (AvgIpc) is 1.94. The molecule has 2 heteroatoms.